The van der Waals surface area contributed by atoms with Gasteiger partial charge in [-0.2, -0.15) is 0 Å². The highest BCUT2D eigenvalue weighted by atomic mass is 79.9. The molecule has 2 nitrogen and oxygen atoms in total. The number of pyridine rings is 1. The molecule has 3 heteroatoms. The molecule has 0 bridgehead atoms. The normalized spacial score (nSPS) is 21.9. The van der Waals surface area contributed by atoms with Crippen LogP contribution in [0.3, 0.4) is 0 Å². The topological polar surface area (TPSA) is 33.1 Å². The number of aliphatic hydroxyl groups excluding tert-OH is 1. The summed E-state index contributed by atoms with van der Waals surface area (Å²) in [6.45, 7) is 0. The Morgan fingerprint density at radius 1 is 1.22 bits per heavy atom. The maximum absolute atomic E-state index is 10.3. The number of rotatable bonds is 2. The first kappa shape index (κ1) is 11.9. The quantitative estimate of drug-likeness (QED) is 0.923. The van der Waals surface area contributed by atoms with E-state index in [0.29, 0.717) is 0 Å². The first-order valence-electron chi connectivity index (χ1n) is 6.10. The molecule has 1 aromatic carbocycles. The Morgan fingerprint density at radius 2 is 2.06 bits per heavy atom. The van der Waals surface area contributed by atoms with Crippen molar-refractivity contribution in [3.8, 4) is 0 Å². The fourth-order valence-corrected chi connectivity index (χ4v) is 2.87. The third kappa shape index (κ3) is 2.20. The van der Waals surface area contributed by atoms with Crippen molar-refractivity contribution in [1.82, 2.24) is 4.98 Å². The number of halogens is 1. The van der Waals surface area contributed by atoms with Crippen LogP contribution < -0.4 is 0 Å². The summed E-state index contributed by atoms with van der Waals surface area (Å²) in [5.41, 5.74) is 3.39. The van der Waals surface area contributed by atoms with Gasteiger partial charge in [0.1, 0.15) is 0 Å². The molecular formula is C15H14BrNO. The summed E-state index contributed by atoms with van der Waals surface area (Å²) in [5, 5.41) is 10.3. The van der Waals surface area contributed by atoms with E-state index < -0.39 is 0 Å². The van der Waals surface area contributed by atoms with Gasteiger partial charge in [-0.3, -0.25) is 4.98 Å². The van der Waals surface area contributed by atoms with Gasteiger partial charge in [-0.05, 0) is 57.9 Å². The predicted octanol–water partition coefficient (Wildman–Crippen LogP) is 3.29. The zero-order chi connectivity index (χ0) is 12.5. The van der Waals surface area contributed by atoms with Crippen LogP contribution in [-0.2, 0) is 12.8 Å². The molecule has 1 aliphatic carbocycles. The Balaban J connectivity index is 1.78. The standard InChI is InChI=1S/C15H14BrNO/c16-12-5-6-13(17-9-12)8-11-7-10-3-1-2-4-14(10)15(11)18/h1-6,9,11,15,18H,7-8H2. The van der Waals surface area contributed by atoms with Crippen molar-refractivity contribution in [3.05, 3.63) is 63.9 Å². The number of hydrogen-bond acceptors (Lipinski definition) is 2. The monoisotopic (exact) mass is 303 g/mol. The van der Waals surface area contributed by atoms with Gasteiger partial charge in [0.2, 0.25) is 0 Å². The predicted molar refractivity (Wildman–Crippen MR) is 74.2 cm³/mol. The second kappa shape index (κ2) is 4.82. The number of fused-ring (bicyclic) bond motifs is 1. The lowest BCUT2D eigenvalue weighted by Crippen LogP contribution is -2.11. The van der Waals surface area contributed by atoms with Crippen molar-refractivity contribution in [2.45, 2.75) is 18.9 Å². The first-order valence-corrected chi connectivity index (χ1v) is 6.89. The fraction of sp³-hybridized carbons (Fsp3) is 0.267. The summed E-state index contributed by atoms with van der Waals surface area (Å²) < 4.78 is 0.988. The molecular weight excluding hydrogens is 290 g/mol. The minimum atomic E-state index is -0.355. The summed E-state index contributed by atoms with van der Waals surface area (Å²) in [6, 6.07) is 12.2. The molecule has 0 saturated heterocycles. The zero-order valence-corrected chi connectivity index (χ0v) is 11.5. The van der Waals surface area contributed by atoms with Crippen LogP contribution in [-0.4, -0.2) is 10.1 Å². The molecule has 3 rings (SSSR count). The molecule has 0 radical (unpaired) electrons. The average molecular weight is 304 g/mol. The summed E-state index contributed by atoms with van der Waals surface area (Å²) >= 11 is 3.38. The molecule has 1 heterocycles. The summed E-state index contributed by atoms with van der Waals surface area (Å²) in [5.74, 6) is 0.246. The number of nitrogens with zero attached hydrogens (tertiary/aromatic N) is 1. The molecule has 0 amide bonds. The van der Waals surface area contributed by atoms with E-state index in [1.807, 2.05) is 36.5 Å². The van der Waals surface area contributed by atoms with Crippen LogP contribution in [0.25, 0.3) is 0 Å². The Kier molecular flexibility index (Phi) is 3.18. The van der Waals surface area contributed by atoms with Crippen molar-refractivity contribution in [1.29, 1.82) is 0 Å². The van der Waals surface area contributed by atoms with Gasteiger partial charge in [0, 0.05) is 16.4 Å². The SMILES string of the molecule is OC1c2ccccc2CC1Cc1ccc(Br)cn1. The number of aromatic nitrogens is 1. The Bertz CT molecular complexity index is 553. The molecule has 2 aromatic rings. The summed E-state index contributed by atoms with van der Waals surface area (Å²) in [7, 11) is 0. The second-order valence-electron chi connectivity index (χ2n) is 4.78. The lowest BCUT2D eigenvalue weighted by Gasteiger charge is -2.14. The molecule has 1 aliphatic rings. The van der Waals surface area contributed by atoms with Crippen molar-refractivity contribution in [2.24, 2.45) is 5.92 Å². The molecule has 18 heavy (non-hydrogen) atoms. The fourth-order valence-electron chi connectivity index (χ4n) is 2.64. The molecule has 0 fully saturated rings. The van der Waals surface area contributed by atoms with E-state index in [9.17, 15) is 5.11 Å². The zero-order valence-electron chi connectivity index (χ0n) is 9.88. The molecule has 0 spiro atoms. The van der Waals surface area contributed by atoms with Crippen LogP contribution in [0.2, 0.25) is 0 Å². The number of aliphatic hydroxyl groups is 1. The van der Waals surface area contributed by atoms with Crippen LogP contribution in [0.4, 0.5) is 0 Å². The van der Waals surface area contributed by atoms with Crippen molar-refractivity contribution in [3.63, 3.8) is 0 Å². The van der Waals surface area contributed by atoms with Gasteiger partial charge in [-0.25, -0.2) is 0 Å². The number of hydrogen-bond donors (Lipinski definition) is 1. The maximum atomic E-state index is 10.3. The van der Waals surface area contributed by atoms with Crippen molar-refractivity contribution < 1.29 is 5.11 Å². The molecule has 0 saturated carbocycles. The second-order valence-corrected chi connectivity index (χ2v) is 5.70. The lowest BCUT2D eigenvalue weighted by atomic mass is 9.97. The molecule has 0 aliphatic heterocycles. The summed E-state index contributed by atoms with van der Waals surface area (Å²) in [6.07, 6.45) is 3.22. The van der Waals surface area contributed by atoms with Crippen LogP contribution in [0.5, 0.6) is 0 Å². The maximum Gasteiger partial charge on any atom is 0.0827 e. The van der Waals surface area contributed by atoms with E-state index >= 15 is 0 Å². The largest absolute Gasteiger partial charge is 0.388 e. The minimum Gasteiger partial charge on any atom is -0.388 e. The van der Waals surface area contributed by atoms with E-state index in [1.165, 1.54) is 5.56 Å². The van der Waals surface area contributed by atoms with Crippen LogP contribution in [0.15, 0.2) is 47.1 Å². The lowest BCUT2D eigenvalue weighted by molar-refractivity contribution is 0.123. The third-order valence-electron chi connectivity index (χ3n) is 3.56. The van der Waals surface area contributed by atoms with Crippen LogP contribution >= 0.6 is 15.9 Å². The smallest absolute Gasteiger partial charge is 0.0827 e. The van der Waals surface area contributed by atoms with Crippen molar-refractivity contribution in [2.75, 3.05) is 0 Å². The highest BCUT2D eigenvalue weighted by Gasteiger charge is 2.30. The van der Waals surface area contributed by atoms with E-state index in [4.69, 9.17) is 0 Å². The van der Waals surface area contributed by atoms with E-state index in [-0.39, 0.29) is 12.0 Å². The van der Waals surface area contributed by atoms with Gasteiger partial charge in [0.15, 0.2) is 0 Å². The van der Waals surface area contributed by atoms with Gasteiger partial charge in [-0.15, -0.1) is 0 Å². The van der Waals surface area contributed by atoms with Gasteiger partial charge >= 0.3 is 0 Å². The van der Waals surface area contributed by atoms with Gasteiger partial charge in [0.05, 0.1) is 6.10 Å². The minimum absolute atomic E-state index is 0.246. The summed E-state index contributed by atoms with van der Waals surface area (Å²) in [4.78, 5) is 4.38. The third-order valence-corrected chi connectivity index (χ3v) is 4.03. The van der Waals surface area contributed by atoms with Gasteiger partial charge in [0.25, 0.3) is 0 Å². The molecule has 2 atom stereocenters. The molecule has 92 valence electrons. The van der Waals surface area contributed by atoms with Crippen molar-refractivity contribution >= 4 is 15.9 Å². The van der Waals surface area contributed by atoms with E-state index in [0.717, 1.165) is 28.6 Å². The van der Waals surface area contributed by atoms with Gasteiger partial charge in [-0.1, -0.05) is 24.3 Å². The van der Waals surface area contributed by atoms with E-state index in [1.54, 1.807) is 0 Å². The highest BCUT2D eigenvalue weighted by molar-refractivity contribution is 9.10. The highest BCUT2D eigenvalue weighted by Crippen LogP contribution is 2.37. The Labute approximate surface area is 115 Å². The van der Waals surface area contributed by atoms with E-state index in [2.05, 4.69) is 27.0 Å². The first-order chi connectivity index (χ1) is 8.74. The number of benzene rings is 1. The average Bonchev–Trinajstić information content (AvgIpc) is 2.70. The van der Waals surface area contributed by atoms with Crippen LogP contribution in [0.1, 0.15) is 22.9 Å². The molecule has 1 N–H and O–H groups in total. The van der Waals surface area contributed by atoms with Gasteiger partial charge < -0.3 is 5.11 Å². The van der Waals surface area contributed by atoms with Crippen LogP contribution in [0, 0.1) is 5.92 Å². The Morgan fingerprint density at radius 3 is 2.78 bits per heavy atom. The molecule has 2 unspecified atom stereocenters. The molecule has 1 aromatic heterocycles. The Hall–Kier alpha value is -1.19.